The Kier molecular flexibility index (Phi) is 3.39. The van der Waals surface area contributed by atoms with E-state index in [-0.39, 0.29) is 5.78 Å². The van der Waals surface area contributed by atoms with E-state index in [1.165, 1.54) is 0 Å². The fourth-order valence-electron chi connectivity index (χ4n) is 3.78. The van der Waals surface area contributed by atoms with Crippen LogP contribution in [0.5, 0.6) is 0 Å². The molecular formula is C23H18N2O. The molecule has 1 aliphatic carbocycles. The molecule has 0 atom stereocenters. The molecule has 0 radical (unpaired) electrons. The summed E-state index contributed by atoms with van der Waals surface area (Å²) in [6.45, 7) is 0. The highest BCUT2D eigenvalue weighted by Crippen LogP contribution is 2.32. The maximum atomic E-state index is 12.9. The summed E-state index contributed by atoms with van der Waals surface area (Å²) in [6, 6.07) is 16.3. The van der Waals surface area contributed by atoms with Gasteiger partial charge in [-0.1, -0.05) is 36.4 Å². The van der Waals surface area contributed by atoms with Gasteiger partial charge >= 0.3 is 0 Å². The van der Waals surface area contributed by atoms with Gasteiger partial charge in [-0.05, 0) is 37.1 Å². The Balaban J connectivity index is 1.50. The van der Waals surface area contributed by atoms with Gasteiger partial charge in [-0.15, -0.1) is 0 Å². The molecule has 5 rings (SSSR count). The lowest BCUT2D eigenvalue weighted by atomic mass is 10.1. The van der Waals surface area contributed by atoms with E-state index in [9.17, 15) is 4.79 Å². The predicted octanol–water partition coefficient (Wildman–Crippen LogP) is 5.48. The molecule has 0 bridgehead atoms. The van der Waals surface area contributed by atoms with Crippen molar-refractivity contribution in [2.75, 3.05) is 0 Å². The highest BCUT2D eigenvalue weighted by Gasteiger charge is 2.23. The molecule has 1 fully saturated rings. The smallest absolute Gasteiger partial charge is 0.185 e. The molecule has 1 aliphatic rings. The standard InChI is InChI=1S/C23H18N2O/c26-23-15(11-17-13-24-21-7-3-1-5-19(17)21)9-10-16(23)12-18-14-25-22-8-4-2-6-20(18)22/h1-8,11-14,24-25H,9-10H2/b15-11-,16-12+. The van der Waals surface area contributed by atoms with Crippen LogP contribution in [0.3, 0.4) is 0 Å². The van der Waals surface area contributed by atoms with E-state index in [0.717, 1.165) is 56.9 Å². The average Bonchev–Trinajstić information content (AvgIpc) is 3.36. The van der Waals surface area contributed by atoms with Crippen LogP contribution in [0.1, 0.15) is 24.0 Å². The number of hydrogen-bond acceptors (Lipinski definition) is 1. The van der Waals surface area contributed by atoms with Gasteiger partial charge in [0.25, 0.3) is 0 Å². The Labute approximate surface area is 151 Å². The number of carbonyl (C=O) groups excluding carboxylic acids is 1. The summed E-state index contributed by atoms with van der Waals surface area (Å²) < 4.78 is 0. The third-order valence-corrected chi connectivity index (χ3v) is 5.15. The molecule has 3 heteroatoms. The zero-order valence-electron chi connectivity index (χ0n) is 14.3. The van der Waals surface area contributed by atoms with Crippen LogP contribution in [0.4, 0.5) is 0 Å². The number of rotatable bonds is 2. The maximum Gasteiger partial charge on any atom is 0.185 e. The summed E-state index contributed by atoms with van der Waals surface area (Å²) >= 11 is 0. The number of hydrogen-bond donors (Lipinski definition) is 2. The lowest BCUT2D eigenvalue weighted by Gasteiger charge is -1.97. The van der Waals surface area contributed by atoms with Crippen LogP contribution in [-0.2, 0) is 4.79 Å². The van der Waals surface area contributed by atoms with Gasteiger partial charge in [0.05, 0.1) is 0 Å². The van der Waals surface area contributed by atoms with E-state index in [4.69, 9.17) is 0 Å². The summed E-state index contributed by atoms with van der Waals surface area (Å²) in [6.07, 6.45) is 9.63. The van der Waals surface area contributed by atoms with Crippen molar-refractivity contribution in [2.45, 2.75) is 12.8 Å². The first-order chi connectivity index (χ1) is 12.8. The monoisotopic (exact) mass is 338 g/mol. The molecule has 2 aromatic heterocycles. The number of ketones is 1. The maximum absolute atomic E-state index is 12.9. The molecule has 0 spiro atoms. The van der Waals surface area contributed by atoms with Crippen molar-refractivity contribution in [3.8, 4) is 0 Å². The molecule has 1 saturated carbocycles. The van der Waals surface area contributed by atoms with Gasteiger partial charge < -0.3 is 9.97 Å². The molecule has 0 saturated heterocycles. The van der Waals surface area contributed by atoms with Crippen LogP contribution >= 0.6 is 0 Å². The van der Waals surface area contributed by atoms with E-state index in [1.807, 2.05) is 48.8 Å². The van der Waals surface area contributed by atoms with Crippen molar-refractivity contribution >= 4 is 39.7 Å². The van der Waals surface area contributed by atoms with Crippen molar-refractivity contribution in [1.29, 1.82) is 0 Å². The molecule has 2 aromatic carbocycles. The van der Waals surface area contributed by atoms with E-state index in [1.54, 1.807) is 0 Å². The van der Waals surface area contributed by atoms with Gasteiger partial charge in [-0.3, -0.25) is 4.79 Å². The molecule has 3 nitrogen and oxygen atoms in total. The van der Waals surface area contributed by atoms with Crippen LogP contribution in [0.25, 0.3) is 34.0 Å². The van der Waals surface area contributed by atoms with Crippen molar-refractivity contribution < 1.29 is 4.79 Å². The summed E-state index contributed by atoms with van der Waals surface area (Å²) in [5.41, 5.74) is 6.13. The minimum atomic E-state index is 0.167. The van der Waals surface area contributed by atoms with Crippen LogP contribution in [0, 0.1) is 0 Å². The Morgan fingerprint density at radius 3 is 1.65 bits per heavy atom. The SMILES string of the molecule is O=C1/C(=C\c2c[nH]c3ccccc23)CC/C1=C\c1c[nH]c2ccccc12. The van der Waals surface area contributed by atoms with E-state index in [0.29, 0.717) is 0 Å². The number of fused-ring (bicyclic) bond motifs is 2. The molecule has 126 valence electrons. The number of nitrogens with one attached hydrogen (secondary N) is 2. The third-order valence-electron chi connectivity index (χ3n) is 5.15. The first-order valence-corrected chi connectivity index (χ1v) is 8.88. The zero-order chi connectivity index (χ0) is 17.5. The molecule has 26 heavy (non-hydrogen) atoms. The number of allylic oxidation sites excluding steroid dienone is 2. The summed E-state index contributed by atoms with van der Waals surface area (Å²) in [7, 11) is 0. The Bertz CT molecular complexity index is 1110. The number of benzene rings is 2. The normalized spacial score (nSPS) is 17.9. The minimum absolute atomic E-state index is 0.167. The number of aromatic nitrogens is 2. The topological polar surface area (TPSA) is 48.6 Å². The van der Waals surface area contributed by atoms with Gasteiger partial charge in [-0.2, -0.15) is 0 Å². The largest absolute Gasteiger partial charge is 0.361 e. The second-order valence-corrected chi connectivity index (χ2v) is 6.75. The number of aromatic amines is 2. The molecule has 0 unspecified atom stereocenters. The molecule has 0 amide bonds. The van der Waals surface area contributed by atoms with Crippen molar-refractivity contribution in [3.63, 3.8) is 0 Å². The lowest BCUT2D eigenvalue weighted by Crippen LogP contribution is -1.95. The first kappa shape index (κ1) is 15.0. The number of Topliss-reactive ketones (excluding diaryl/α,β-unsaturated/α-hetero) is 1. The Morgan fingerprint density at radius 2 is 1.15 bits per heavy atom. The summed E-state index contributed by atoms with van der Waals surface area (Å²) in [5.74, 6) is 0.167. The van der Waals surface area contributed by atoms with Crippen LogP contribution < -0.4 is 0 Å². The van der Waals surface area contributed by atoms with Crippen LogP contribution in [-0.4, -0.2) is 15.8 Å². The number of carbonyl (C=O) groups is 1. The van der Waals surface area contributed by atoms with Crippen molar-refractivity contribution in [1.82, 2.24) is 9.97 Å². The second kappa shape index (κ2) is 5.88. The summed E-state index contributed by atoms with van der Waals surface area (Å²) in [5, 5.41) is 2.31. The van der Waals surface area contributed by atoms with E-state index in [2.05, 4.69) is 34.2 Å². The van der Waals surface area contributed by atoms with Gasteiger partial charge in [0.1, 0.15) is 0 Å². The van der Waals surface area contributed by atoms with E-state index < -0.39 is 0 Å². The second-order valence-electron chi connectivity index (χ2n) is 6.75. The number of H-pyrrole nitrogens is 2. The van der Waals surface area contributed by atoms with Gasteiger partial charge in [0.15, 0.2) is 5.78 Å². The average molecular weight is 338 g/mol. The lowest BCUT2D eigenvalue weighted by molar-refractivity contribution is -0.111. The minimum Gasteiger partial charge on any atom is -0.361 e. The predicted molar refractivity (Wildman–Crippen MR) is 107 cm³/mol. The molecule has 2 N–H and O–H groups in total. The van der Waals surface area contributed by atoms with Crippen LogP contribution in [0.15, 0.2) is 72.1 Å². The molecule has 0 aliphatic heterocycles. The first-order valence-electron chi connectivity index (χ1n) is 8.88. The van der Waals surface area contributed by atoms with Gasteiger partial charge in [0, 0.05) is 56.5 Å². The third kappa shape index (κ3) is 2.40. The van der Waals surface area contributed by atoms with Crippen LogP contribution in [0.2, 0.25) is 0 Å². The number of para-hydroxylation sites is 2. The fraction of sp³-hybridized carbons (Fsp3) is 0.0870. The van der Waals surface area contributed by atoms with Crippen molar-refractivity contribution in [2.24, 2.45) is 0 Å². The van der Waals surface area contributed by atoms with Crippen molar-refractivity contribution in [3.05, 3.63) is 83.2 Å². The van der Waals surface area contributed by atoms with Gasteiger partial charge in [-0.25, -0.2) is 0 Å². The molecular weight excluding hydrogens is 320 g/mol. The quantitative estimate of drug-likeness (QED) is 0.467. The summed E-state index contributed by atoms with van der Waals surface area (Å²) in [4.78, 5) is 19.4. The van der Waals surface area contributed by atoms with E-state index >= 15 is 0 Å². The molecule has 4 aromatic rings. The Hall–Kier alpha value is -3.33. The van der Waals surface area contributed by atoms with Gasteiger partial charge in [0.2, 0.25) is 0 Å². The molecule has 2 heterocycles. The fourth-order valence-corrected chi connectivity index (χ4v) is 3.78. The Morgan fingerprint density at radius 1 is 0.692 bits per heavy atom. The highest BCUT2D eigenvalue weighted by molar-refractivity contribution is 6.16. The highest BCUT2D eigenvalue weighted by atomic mass is 16.1. The zero-order valence-corrected chi connectivity index (χ0v) is 14.3.